The summed E-state index contributed by atoms with van der Waals surface area (Å²) in [6, 6.07) is 6.21. The molecule has 5 N–H and O–H groups in total. The maximum atomic E-state index is 12.8. The number of para-hydroxylation sites is 1. The van der Waals surface area contributed by atoms with E-state index in [1.807, 2.05) is 0 Å². The van der Waals surface area contributed by atoms with E-state index in [1.54, 1.807) is 18.2 Å². The zero-order valence-corrected chi connectivity index (χ0v) is 23.9. The van der Waals surface area contributed by atoms with E-state index < -0.39 is 10.0 Å². The lowest BCUT2D eigenvalue weighted by atomic mass is 9.43. The number of amides is 1. The van der Waals surface area contributed by atoms with Crippen molar-refractivity contribution in [2.24, 2.45) is 51.5 Å². The second kappa shape index (κ2) is 10.2. The van der Waals surface area contributed by atoms with Crippen LogP contribution in [0.3, 0.4) is 0 Å². The molecule has 0 bridgehead atoms. The fourth-order valence-electron chi connectivity index (χ4n) is 9.75. The lowest BCUT2D eigenvalue weighted by Gasteiger charge is -2.62. The number of rotatable bonds is 6. The Morgan fingerprint density at radius 3 is 2.55 bits per heavy atom. The van der Waals surface area contributed by atoms with Crippen molar-refractivity contribution < 1.29 is 23.4 Å². The van der Waals surface area contributed by atoms with Gasteiger partial charge in [-0.15, -0.1) is 0 Å². The third-order valence-electron chi connectivity index (χ3n) is 11.8. The molecule has 1 amide bonds. The number of nitrogens with one attached hydrogen (secondary N) is 1. The van der Waals surface area contributed by atoms with Gasteiger partial charge in [0.2, 0.25) is 15.9 Å². The van der Waals surface area contributed by atoms with Gasteiger partial charge in [0.25, 0.3) is 0 Å². The molecule has 212 valence electrons. The van der Waals surface area contributed by atoms with Crippen LogP contribution in [-0.2, 0) is 14.8 Å². The van der Waals surface area contributed by atoms with Gasteiger partial charge in [-0.05, 0) is 116 Å². The SMILES string of the molecule is C[C@H](CCC(=O)Nc1ccccc1S(N)(=O)=O)[C@H]1CC[C@H]2[C@@H]3CC[C@@H]4C[C@H](O)CC[C@]4(C)[C@H]3C[C@H](O)[C@]12C. The highest BCUT2D eigenvalue weighted by molar-refractivity contribution is 7.89. The fourth-order valence-corrected chi connectivity index (χ4v) is 10.4. The minimum absolute atomic E-state index is 0.0803. The molecule has 4 aliphatic carbocycles. The molecule has 0 saturated heterocycles. The van der Waals surface area contributed by atoms with Crippen LogP contribution in [0, 0.1) is 46.3 Å². The first-order valence-corrected chi connectivity index (χ1v) is 16.2. The van der Waals surface area contributed by atoms with E-state index in [4.69, 9.17) is 5.14 Å². The van der Waals surface area contributed by atoms with E-state index in [0.717, 1.165) is 38.5 Å². The largest absolute Gasteiger partial charge is 0.393 e. The third-order valence-corrected chi connectivity index (χ3v) is 12.8. The topological polar surface area (TPSA) is 130 Å². The van der Waals surface area contributed by atoms with E-state index in [9.17, 15) is 23.4 Å². The van der Waals surface area contributed by atoms with Crippen LogP contribution in [0.5, 0.6) is 0 Å². The first-order chi connectivity index (χ1) is 17.9. The van der Waals surface area contributed by atoms with Crippen LogP contribution < -0.4 is 10.5 Å². The van der Waals surface area contributed by atoms with Gasteiger partial charge in [-0.25, -0.2) is 13.6 Å². The molecule has 7 nitrogen and oxygen atoms in total. The number of fused-ring (bicyclic) bond motifs is 5. The molecule has 5 rings (SSSR count). The Kier molecular flexibility index (Phi) is 7.51. The number of carbonyl (C=O) groups excluding carboxylic acids is 1. The number of hydrogen-bond donors (Lipinski definition) is 4. The van der Waals surface area contributed by atoms with Crippen LogP contribution >= 0.6 is 0 Å². The zero-order chi connectivity index (χ0) is 27.5. The smallest absolute Gasteiger partial charge is 0.240 e. The number of carbonyl (C=O) groups is 1. The van der Waals surface area contributed by atoms with E-state index >= 15 is 0 Å². The molecule has 4 saturated carbocycles. The Labute approximate surface area is 228 Å². The summed E-state index contributed by atoms with van der Waals surface area (Å²) in [7, 11) is -3.93. The second-order valence-corrected chi connectivity index (χ2v) is 15.0. The Hall–Kier alpha value is -1.48. The van der Waals surface area contributed by atoms with E-state index in [1.165, 1.54) is 18.9 Å². The number of sulfonamides is 1. The summed E-state index contributed by atoms with van der Waals surface area (Å²) in [4.78, 5) is 12.7. The zero-order valence-electron chi connectivity index (χ0n) is 23.1. The van der Waals surface area contributed by atoms with E-state index in [-0.39, 0.29) is 45.4 Å². The summed E-state index contributed by atoms with van der Waals surface area (Å²) in [5.41, 5.74) is 0.294. The third kappa shape index (κ3) is 4.73. The first kappa shape index (κ1) is 28.1. The predicted molar refractivity (Wildman–Crippen MR) is 147 cm³/mol. The van der Waals surface area contributed by atoms with Crippen molar-refractivity contribution in [2.75, 3.05) is 5.32 Å². The predicted octanol–water partition coefficient (Wildman–Crippen LogP) is 4.68. The number of primary sulfonamides is 1. The van der Waals surface area contributed by atoms with Gasteiger partial charge >= 0.3 is 0 Å². The van der Waals surface area contributed by atoms with Crippen molar-refractivity contribution in [3.8, 4) is 0 Å². The Balaban J connectivity index is 1.25. The lowest BCUT2D eigenvalue weighted by molar-refractivity contribution is -0.174. The molecule has 38 heavy (non-hydrogen) atoms. The molecule has 1 aromatic carbocycles. The summed E-state index contributed by atoms with van der Waals surface area (Å²) in [6.45, 7) is 6.97. The molecule has 8 heteroatoms. The molecule has 0 aliphatic heterocycles. The number of benzene rings is 1. The normalized spacial score (nSPS) is 41.5. The number of hydrogen-bond acceptors (Lipinski definition) is 5. The summed E-state index contributed by atoms with van der Waals surface area (Å²) in [5.74, 6) is 2.64. The summed E-state index contributed by atoms with van der Waals surface area (Å²) >= 11 is 0. The maximum Gasteiger partial charge on any atom is 0.240 e. The van der Waals surface area contributed by atoms with Gasteiger partial charge in [0.1, 0.15) is 4.90 Å². The monoisotopic (exact) mass is 546 g/mol. The van der Waals surface area contributed by atoms with Crippen LogP contribution in [0.2, 0.25) is 0 Å². The van der Waals surface area contributed by atoms with Crippen LogP contribution in [0.1, 0.15) is 85.0 Å². The van der Waals surface area contributed by atoms with Gasteiger partial charge in [0.15, 0.2) is 0 Å². The van der Waals surface area contributed by atoms with Crippen LogP contribution in [0.4, 0.5) is 5.69 Å². The van der Waals surface area contributed by atoms with E-state index in [0.29, 0.717) is 42.4 Å². The van der Waals surface area contributed by atoms with Gasteiger partial charge < -0.3 is 15.5 Å². The molecular weight excluding hydrogens is 500 g/mol. The highest BCUT2D eigenvalue weighted by Gasteiger charge is 2.63. The summed E-state index contributed by atoms with van der Waals surface area (Å²) in [6.07, 6.45) is 8.82. The molecule has 0 aromatic heterocycles. The van der Waals surface area contributed by atoms with E-state index in [2.05, 4.69) is 26.1 Å². The summed E-state index contributed by atoms with van der Waals surface area (Å²) in [5, 5.41) is 30.1. The molecule has 0 unspecified atom stereocenters. The maximum absolute atomic E-state index is 12.8. The number of aliphatic hydroxyl groups excluding tert-OH is 2. The second-order valence-electron chi connectivity index (χ2n) is 13.5. The van der Waals surface area contributed by atoms with Crippen molar-refractivity contribution in [1.29, 1.82) is 0 Å². The van der Waals surface area contributed by atoms with Crippen LogP contribution in [0.15, 0.2) is 29.2 Å². The first-order valence-electron chi connectivity index (χ1n) is 14.6. The van der Waals surface area contributed by atoms with Gasteiger partial charge in [-0.2, -0.15) is 0 Å². The fraction of sp³-hybridized carbons (Fsp3) is 0.767. The quantitative estimate of drug-likeness (QED) is 0.412. The standard InChI is InChI=1S/C30H46N2O5S/c1-18(8-13-28(35)32-25-6-4-5-7-26(25)38(31,36)37)22-11-12-23-21-10-9-19-16-20(33)14-15-29(19,2)24(21)17-27(34)30(22,23)3/h4-7,18-24,27,33-34H,8-17H2,1-3H3,(H,32,35)(H2,31,36,37)/t18-,19-,20-,21+,22-,23+,24+,27+,29+,30-/m1/s1. The molecule has 4 aliphatic rings. The van der Waals surface area contributed by atoms with Crippen molar-refractivity contribution in [3.05, 3.63) is 24.3 Å². The molecular formula is C30H46N2O5S. The lowest BCUT2D eigenvalue weighted by Crippen LogP contribution is -2.58. The number of nitrogens with two attached hydrogens (primary N) is 1. The minimum Gasteiger partial charge on any atom is -0.393 e. The van der Waals surface area contributed by atoms with Gasteiger partial charge in [-0.1, -0.05) is 32.9 Å². The van der Waals surface area contributed by atoms with Gasteiger partial charge in [0.05, 0.1) is 17.9 Å². The Morgan fingerprint density at radius 2 is 1.82 bits per heavy atom. The van der Waals surface area contributed by atoms with Crippen LogP contribution in [0.25, 0.3) is 0 Å². The Bertz CT molecular complexity index is 1160. The van der Waals surface area contributed by atoms with Crippen molar-refractivity contribution in [3.63, 3.8) is 0 Å². The molecule has 10 atom stereocenters. The van der Waals surface area contributed by atoms with Crippen molar-refractivity contribution >= 4 is 21.6 Å². The number of anilines is 1. The average Bonchev–Trinajstić information content (AvgIpc) is 3.22. The summed E-state index contributed by atoms with van der Waals surface area (Å²) < 4.78 is 23.8. The minimum atomic E-state index is -3.93. The average molecular weight is 547 g/mol. The molecule has 1 aromatic rings. The highest BCUT2D eigenvalue weighted by atomic mass is 32.2. The van der Waals surface area contributed by atoms with Gasteiger partial charge in [0, 0.05) is 6.42 Å². The van der Waals surface area contributed by atoms with Crippen molar-refractivity contribution in [2.45, 2.75) is 102 Å². The molecule has 0 spiro atoms. The van der Waals surface area contributed by atoms with Gasteiger partial charge in [-0.3, -0.25) is 4.79 Å². The molecule has 4 fully saturated rings. The highest BCUT2D eigenvalue weighted by Crippen LogP contribution is 2.68. The number of aliphatic hydroxyl groups is 2. The molecule has 0 radical (unpaired) electrons. The molecule has 0 heterocycles. The Morgan fingerprint density at radius 1 is 1.08 bits per heavy atom. The van der Waals surface area contributed by atoms with Crippen LogP contribution in [-0.4, -0.2) is 36.7 Å². The van der Waals surface area contributed by atoms with Crippen molar-refractivity contribution in [1.82, 2.24) is 0 Å².